The van der Waals surface area contributed by atoms with Gasteiger partial charge in [-0.05, 0) is 32.9 Å². The van der Waals surface area contributed by atoms with E-state index in [9.17, 15) is 5.11 Å². The average Bonchev–Trinajstić information content (AvgIpc) is 2.71. The minimum absolute atomic E-state index is 0.0817. The molecular formula is C14H15BrCl2N2O. The van der Waals surface area contributed by atoms with Crippen LogP contribution in [-0.2, 0) is 5.60 Å². The molecule has 0 fully saturated rings. The van der Waals surface area contributed by atoms with Gasteiger partial charge in [-0.15, -0.1) is 0 Å². The summed E-state index contributed by atoms with van der Waals surface area (Å²) in [6.07, 6.45) is 1.54. The molecule has 6 heteroatoms. The minimum Gasteiger partial charge on any atom is -0.379 e. The fraction of sp³-hybridized carbons (Fsp3) is 0.357. The van der Waals surface area contributed by atoms with Crippen molar-refractivity contribution in [2.45, 2.75) is 32.4 Å². The first-order valence-corrected chi connectivity index (χ1v) is 7.71. The molecule has 0 spiro atoms. The van der Waals surface area contributed by atoms with Crippen LogP contribution in [0.1, 0.15) is 38.1 Å². The maximum atomic E-state index is 11.0. The second-order valence-electron chi connectivity index (χ2n) is 5.08. The first-order chi connectivity index (χ1) is 9.25. The van der Waals surface area contributed by atoms with Gasteiger partial charge in [0, 0.05) is 21.1 Å². The summed E-state index contributed by atoms with van der Waals surface area (Å²) >= 11 is 15.8. The van der Waals surface area contributed by atoms with Crippen molar-refractivity contribution in [2.24, 2.45) is 0 Å². The lowest BCUT2D eigenvalue weighted by Gasteiger charge is -2.27. The Kier molecular flexibility index (Phi) is 4.50. The van der Waals surface area contributed by atoms with E-state index in [0.717, 1.165) is 4.47 Å². The Bertz CT molecular complexity index is 638. The molecule has 20 heavy (non-hydrogen) atoms. The molecule has 0 bridgehead atoms. The molecule has 0 aliphatic carbocycles. The van der Waals surface area contributed by atoms with Crippen molar-refractivity contribution in [3.63, 3.8) is 0 Å². The van der Waals surface area contributed by atoms with Crippen molar-refractivity contribution >= 4 is 39.1 Å². The quantitative estimate of drug-likeness (QED) is 0.834. The lowest BCUT2D eigenvalue weighted by Crippen LogP contribution is -2.28. The van der Waals surface area contributed by atoms with Gasteiger partial charge in [-0.1, -0.05) is 45.2 Å². The van der Waals surface area contributed by atoms with Gasteiger partial charge in [0.1, 0.15) is 5.60 Å². The summed E-state index contributed by atoms with van der Waals surface area (Å²) in [5.41, 5.74) is -0.194. The number of hydrogen-bond donors (Lipinski definition) is 1. The zero-order valence-electron chi connectivity index (χ0n) is 11.4. The number of hydrogen-bond acceptors (Lipinski definition) is 2. The van der Waals surface area contributed by atoms with Crippen molar-refractivity contribution in [1.29, 1.82) is 0 Å². The first kappa shape index (κ1) is 15.8. The van der Waals surface area contributed by atoms with Crippen molar-refractivity contribution in [3.8, 4) is 0 Å². The minimum atomic E-state index is -1.32. The first-order valence-electron chi connectivity index (χ1n) is 6.16. The molecule has 1 aromatic carbocycles. The van der Waals surface area contributed by atoms with E-state index in [4.69, 9.17) is 23.2 Å². The van der Waals surface area contributed by atoms with Gasteiger partial charge in [0.15, 0.2) is 0 Å². The summed E-state index contributed by atoms with van der Waals surface area (Å²) in [4.78, 5) is 0. The second kappa shape index (κ2) is 5.68. The molecule has 1 heterocycles. The maximum Gasteiger partial charge on any atom is 0.131 e. The Hall–Kier alpha value is -0.550. The zero-order valence-corrected chi connectivity index (χ0v) is 14.5. The second-order valence-corrected chi connectivity index (χ2v) is 6.81. The van der Waals surface area contributed by atoms with E-state index in [0.29, 0.717) is 21.3 Å². The third-order valence-corrected chi connectivity index (χ3v) is 4.24. The van der Waals surface area contributed by atoms with Gasteiger partial charge in [0.25, 0.3) is 0 Å². The lowest BCUT2D eigenvalue weighted by molar-refractivity contribution is 0.0902. The van der Waals surface area contributed by atoms with E-state index in [2.05, 4.69) is 21.0 Å². The molecule has 1 aromatic heterocycles. The van der Waals surface area contributed by atoms with Crippen LogP contribution in [0.2, 0.25) is 10.0 Å². The summed E-state index contributed by atoms with van der Waals surface area (Å²) in [5, 5.41) is 16.1. The highest BCUT2D eigenvalue weighted by molar-refractivity contribution is 9.10. The van der Waals surface area contributed by atoms with Crippen molar-refractivity contribution < 1.29 is 5.11 Å². The average molecular weight is 378 g/mol. The number of nitrogens with zero attached hydrogens (tertiary/aromatic N) is 2. The summed E-state index contributed by atoms with van der Waals surface area (Å²) in [5.74, 6) is 0. The van der Waals surface area contributed by atoms with Crippen LogP contribution in [0.5, 0.6) is 0 Å². The Morgan fingerprint density at radius 3 is 2.50 bits per heavy atom. The smallest absolute Gasteiger partial charge is 0.131 e. The standard InChI is InChI=1S/C14H15BrCl2N2O/c1-8(2)19-13(12(17)7-18-19)14(3,20)10-5-4-9(15)6-11(10)16/h4-8,20H,1-3H3. The molecule has 0 aliphatic rings. The van der Waals surface area contributed by atoms with Gasteiger partial charge in [0.05, 0.1) is 16.9 Å². The summed E-state index contributed by atoms with van der Waals surface area (Å²) in [7, 11) is 0. The Labute approximate surface area is 136 Å². The Morgan fingerprint density at radius 2 is 1.95 bits per heavy atom. The predicted molar refractivity (Wildman–Crippen MR) is 85.4 cm³/mol. The molecule has 0 radical (unpaired) electrons. The van der Waals surface area contributed by atoms with E-state index in [1.54, 1.807) is 23.7 Å². The molecule has 1 unspecified atom stereocenters. The number of rotatable bonds is 3. The third kappa shape index (κ3) is 2.75. The molecule has 0 saturated carbocycles. The van der Waals surface area contributed by atoms with Gasteiger partial charge < -0.3 is 5.11 Å². The molecule has 0 aliphatic heterocycles. The van der Waals surface area contributed by atoms with Crippen LogP contribution in [0.4, 0.5) is 0 Å². The number of aliphatic hydroxyl groups is 1. The van der Waals surface area contributed by atoms with Gasteiger partial charge in [0.2, 0.25) is 0 Å². The predicted octanol–water partition coefficient (Wildman–Crippen LogP) is 4.79. The van der Waals surface area contributed by atoms with Crippen molar-refractivity contribution in [2.75, 3.05) is 0 Å². The van der Waals surface area contributed by atoms with Crippen LogP contribution >= 0.6 is 39.1 Å². The van der Waals surface area contributed by atoms with Gasteiger partial charge in [-0.25, -0.2) is 0 Å². The number of aromatic nitrogens is 2. The molecular weight excluding hydrogens is 363 g/mol. The molecule has 1 N–H and O–H groups in total. The zero-order chi connectivity index (χ0) is 15.1. The lowest BCUT2D eigenvalue weighted by atomic mass is 9.92. The van der Waals surface area contributed by atoms with Gasteiger partial charge in [-0.2, -0.15) is 5.10 Å². The fourth-order valence-corrected chi connectivity index (χ4v) is 3.37. The SMILES string of the molecule is CC(C)n1ncc(Cl)c1C(C)(O)c1ccc(Br)cc1Cl. The van der Waals surface area contributed by atoms with E-state index >= 15 is 0 Å². The largest absolute Gasteiger partial charge is 0.379 e. The van der Waals surface area contributed by atoms with E-state index in [1.165, 1.54) is 6.20 Å². The normalized spacial score (nSPS) is 14.6. The number of halogens is 3. The molecule has 2 rings (SSSR count). The molecule has 2 aromatic rings. The highest BCUT2D eigenvalue weighted by atomic mass is 79.9. The highest BCUT2D eigenvalue weighted by Gasteiger charge is 2.34. The Balaban J connectivity index is 2.63. The number of benzene rings is 1. The fourth-order valence-electron chi connectivity index (χ4n) is 2.20. The van der Waals surface area contributed by atoms with Crippen molar-refractivity contribution in [1.82, 2.24) is 9.78 Å². The highest BCUT2D eigenvalue weighted by Crippen LogP contribution is 2.39. The van der Waals surface area contributed by atoms with E-state index in [1.807, 2.05) is 19.9 Å². The van der Waals surface area contributed by atoms with Gasteiger partial charge >= 0.3 is 0 Å². The van der Waals surface area contributed by atoms with Crippen LogP contribution in [0, 0.1) is 0 Å². The van der Waals surface area contributed by atoms with E-state index in [-0.39, 0.29) is 6.04 Å². The maximum absolute atomic E-state index is 11.0. The van der Waals surface area contributed by atoms with Crippen LogP contribution in [0.15, 0.2) is 28.9 Å². The van der Waals surface area contributed by atoms with Crippen molar-refractivity contribution in [3.05, 3.63) is 50.2 Å². The van der Waals surface area contributed by atoms with Crippen LogP contribution in [0.3, 0.4) is 0 Å². The summed E-state index contributed by atoms with van der Waals surface area (Å²) in [6.45, 7) is 5.63. The molecule has 108 valence electrons. The van der Waals surface area contributed by atoms with E-state index < -0.39 is 5.60 Å². The molecule has 0 saturated heterocycles. The summed E-state index contributed by atoms with van der Waals surface area (Å²) in [6, 6.07) is 5.44. The van der Waals surface area contributed by atoms with Gasteiger partial charge in [-0.3, -0.25) is 4.68 Å². The van der Waals surface area contributed by atoms with Crippen LogP contribution in [-0.4, -0.2) is 14.9 Å². The third-order valence-electron chi connectivity index (χ3n) is 3.16. The molecule has 1 atom stereocenters. The monoisotopic (exact) mass is 376 g/mol. The Morgan fingerprint density at radius 1 is 1.30 bits per heavy atom. The molecule has 3 nitrogen and oxygen atoms in total. The van der Waals surface area contributed by atoms with Crippen LogP contribution < -0.4 is 0 Å². The molecule has 0 amide bonds. The topological polar surface area (TPSA) is 38.0 Å². The summed E-state index contributed by atoms with van der Waals surface area (Å²) < 4.78 is 2.56. The van der Waals surface area contributed by atoms with Crippen LogP contribution in [0.25, 0.3) is 0 Å².